The molecule has 0 fully saturated rings. The van der Waals surface area contributed by atoms with Crippen molar-refractivity contribution in [2.24, 2.45) is 0 Å². The van der Waals surface area contributed by atoms with Crippen LogP contribution in [0, 0.1) is 10.1 Å². The molecule has 0 radical (unpaired) electrons. The Labute approximate surface area is 94.4 Å². The summed E-state index contributed by atoms with van der Waals surface area (Å²) in [6.07, 6.45) is -4.59. The van der Waals surface area contributed by atoms with Crippen LogP contribution in [0.25, 0.3) is 0 Å². The van der Waals surface area contributed by atoms with Crippen molar-refractivity contribution in [3.05, 3.63) is 27.9 Å². The van der Waals surface area contributed by atoms with Crippen molar-refractivity contribution in [2.75, 3.05) is 0 Å². The van der Waals surface area contributed by atoms with Crippen molar-refractivity contribution >= 4 is 5.69 Å². The van der Waals surface area contributed by atoms with E-state index in [0.29, 0.717) is 12.3 Å². The van der Waals surface area contributed by atoms with Gasteiger partial charge in [-0.1, -0.05) is 0 Å². The minimum absolute atomic E-state index is 0.407. The number of pyridine rings is 1. The first-order valence-electron chi connectivity index (χ1n) is 4.60. The number of halogens is 3. The molecular formula is C9H9F3N2O3. The minimum atomic E-state index is -4.67. The van der Waals surface area contributed by atoms with E-state index in [1.54, 1.807) is 13.8 Å². The molecule has 0 bridgehead atoms. The van der Waals surface area contributed by atoms with Crippen LogP contribution in [0.4, 0.5) is 18.9 Å². The number of ether oxygens (including phenoxy) is 1. The fourth-order valence-electron chi connectivity index (χ4n) is 1.04. The molecule has 0 aliphatic heterocycles. The quantitative estimate of drug-likeness (QED) is 0.611. The van der Waals surface area contributed by atoms with Crippen LogP contribution in [0.2, 0.25) is 0 Å². The van der Waals surface area contributed by atoms with Gasteiger partial charge in [-0.05, 0) is 13.8 Å². The fraction of sp³-hybridized carbons (Fsp3) is 0.444. The number of alkyl halides is 3. The lowest BCUT2D eigenvalue weighted by atomic mass is 10.2. The Bertz CT molecular complexity index is 432. The summed E-state index contributed by atoms with van der Waals surface area (Å²) in [7, 11) is 0. The second-order valence-corrected chi connectivity index (χ2v) is 3.47. The zero-order valence-corrected chi connectivity index (χ0v) is 8.99. The second kappa shape index (κ2) is 4.56. The lowest BCUT2D eigenvalue weighted by Gasteiger charge is -2.10. The molecule has 0 aromatic carbocycles. The number of aromatic nitrogens is 1. The van der Waals surface area contributed by atoms with Crippen LogP contribution < -0.4 is 4.74 Å². The first-order valence-corrected chi connectivity index (χ1v) is 4.60. The van der Waals surface area contributed by atoms with Crippen molar-refractivity contribution < 1.29 is 22.8 Å². The highest BCUT2D eigenvalue weighted by molar-refractivity contribution is 5.43. The summed E-state index contributed by atoms with van der Waals surface area (Å²) in [6.45, 7) is 3.17. The SMILES string of the molecule is CC(C)Oc1ncc(C(F)(F)F)cc1[N+](=O)[O-]. The van der Waals surface area contributed by atoms with E-state index in [9.17, 15) is 23.3 Å². The lowest BCUT2D eigenvalue weighted by Crippen LogP contribution is -2.11. The summed E-state index contributed by atoms with van der Waals surface area (Å²) >= 11 is 0. The molecule has 1 heterocycles. The number of hydrogen-bond donors (Lipinski definition) is 0. The molecule has 94 valence electrons. The van der Waals surface area contributed by atoms with Gasteiger partial charge in [0.05, 0.1) is 16.6 Å². The first kappa shape index (κ1) is 13.2. The molecule has 1 rings (SSSR count). The zero-order chi connectivity index (χ0) is 13.2. The van der Waals surface area contributed by atoms with Gasteiger partial charge >= 0.3 is 11.9 Å². The van der Waals surface area contributed by atoms with Gasteiger partial charge < -0.3 is 4.74 Å². The van der Waals surface area contributed by atoms with Crippen molar-refractivity contribution in [3.8, 4) is 5.88 Å². The van der Waals surface area contributed by atoms with E-state index in [0.717, 1.165) is 0 Å². The highest BCUT2D eigenvalue weighted by Crippen LogP contribution is 2.34. The average Bonchev–Trinajstić information content (AvgIpc) is 2.15. The van der Waals surface area contributed by atoms with Crippen LogP contribution >= 0.6 is 0 Å². The van der Waals surface area contributed by atoms with Crippen molar-refractivity contribution in [2.45, 2.75) is 26.1 Å². The Morgan fingerprint density at radius 2 is 2.06 bits per heavy atom. The van der Waals surface area contributed by atoms with Gasteiger partial charge in [0.1, 0.15) is 0 Å². The van der Waals surface area contributed by atoms with E-state index >= 15 is 0 Å². The van der Waals surface area contributed by atoms with Gasteiger partial charge in [-0.15, -0.1) is 0 Å². The predicted molar refractivity (Wildman–Crippen MR) is 51.7 cm³/mol. The number of rotatable bonds is 3. The van der Waals surface area contributed by atoms with Gasteiger partial charge in [0.15, 0.2) is 0 Å². The third-order valence-electron chi connectivity index (χ3n) is 1.70. The normalized spacial score (nSPS) is 11.6. The van der Waals surface area contributed by atoms with Crippen LogP contribution in [0.3, 0.4) is 0 Å². The summed E-state index contributed by atoms with van der Waals surface area (Å²) in [4.78, 5) is 13.0. The smallest absolute Gasteiger partial charge is 0.418 e. The zero-order valence-electron chi connectivity index (χ0n) is 8.99. The van der Waals surface area contributed by atoms with Crippen molar-refractivity contribution in [1.29, 1.82) is 0 Å². The maximum Gasteiger partial charge on any atom is 0.418 e. The van der Waals surface area contributed by atoms with E-state index in [2.05, 4.69) is 4.98 Å². The predicted octanol–water partition coefficient (Wildman–Crippen LogP) is 2.80. The maximum atomic E-state index is 12.3. The standard InChI is InChI=1S/C9H9F3N2O3/c1-5(2)17-8-7(14(15)16)3-6(4-13-8)9(10,11)12/h3-5H,1-2H3. The van der Waals surface area contributed by atoms with Gasteiger partial charge in [-0.3, -0.25) is 10.1 Å². The number of hydrogen-bond acceptors (Lipinski definition) is 4. The van der Waals surface area contributed by atoms with Crippen LogP contribution in [0.1, 0.15) is 19.4 Å². The molecule has 0 amide bonds. The molecule has 0 aliphatic rings. The molecule has 1 aromatic heterocycles. The van der Waals surface area contributed by atoms with Crippen LogP contribution in [0.15, 0.2) is 12.3 Å². The Kier molecular flexibility index (Phi) is 3.54. The van der Waals surface area contributed by atoms with E-state index < -0.39 is 34.3 Å². The molecule has 0 atom stereocenters. The number of nitro groups is 1. The summed E-state index contributed by atoms with van der Waals surface area (Å²) < 4.78 is 41.9. The molecule has 0 N–H and O–H groups in total. The van der Waals surface area contributed by atoms with Gasteiger partial charge in [-0.2, -0.15) is 13.2 Å². The Hall–Kier alpha value is -1.86. The molecule has 0 unspecified atom stereocenters. The van der Waals surface area contributed by atoms with E-state index in [1.807, 2.05) is 0 Å². The van der Waals surface area contributed by atoms with Crippen LogP contribution in [-0.2, 0) is 6.18 Å². The van der Waals surface area contributed by atoms with Crippen molar-refractivity contribution in [1.82, 2.24) is 4.98 Å². The molecule has 1 aromatic rings. The van der Waals surface area contributed by atoms with E-state index in [-0.39, 0.29) is 0 Å². The Balaban J connectivity index is 3.22. The monoisotopic (exact) mass is 250 g/mol. The van der Waals surface area contributed by atoms with Gasteiger partial charge in [-0.25, -0.2) is 4.98 Å². The second-order valence-electron chi connectivity index (χ2n) is 3.47. The topological polar surface area (TPSA) is 65.3 Å². The Morgan fingerprint density at radius 1 is 1.47 bits per heavy atom. The van der Waals surface area contributed by atoms with Crippen LogP contribution in [0.5, 0.6) is 5.88 Å². The average molecular weight is 250 g/mol. The van der Waals surface area contributed by atoms with E-state index in [4.69, 9.17) is 4.74 Å². The van der Waals surface area contributed by atoms with E-state index in [1.165, 1.54) is 0 Å². The largest absolute Gasteiger partial charge is 0.470 e. The molecule has 17 heavy (non-hydrogen) atoms. The van der Waals surface area contributed by atoms with Gasteiger partial charge in [0, 0.05) is 12.3 Å². The maximum absolute atomic E-state index is 12.3. The summed E-state index contributed by atoms with van der Waals surface area (Å²) in [5.74, 6) is -0.419. The summed E-state index contributed by atoms with van der Waals surface area (Å²) in [5, 5.41) is 10.6. The fourth-order valence-corrected chi connectivity index (χ4v) is 1.04. The molecule has 5 nitrogen and oxygen atoms in total. The first-order chi connectivity index (χ1) is 7.71. The molecule has 0 spiro atoms. The third kappa shape index (κ3) is 3.30. The van der Waals surface area contributed by atoms with Gasteiger partial charge in [0.2, 0.25) is 0 Å². The minimum Gasteiger partial charge on any atom is -0.470 e. The highest BCUT2D eigenvalue weighted by Gasteiger charge is 2.34. The molecular weight excluding hydrogens is 241 g/mol. The van der Waals surface area contributed by atoms with Crippen molar-refractivity contribution in [3.63, 3.8) is 0 Å². The number of nitrogens with zero attached hydrogens (tertiary/aromatic N) is 2. The van der Waals surface area contributed by atoms with Crippen LogP contribution in [-0.4, -0.2) is 16.0 Å². The Morgan fingerprint density at radius 3 is 2.47 bits per heavy atom. The third-order valence-corrected chi connectivity index (χ3v) is 1.70. The molecule has 0 saturated heterocycles. The lowest BCUT2D eigenvalue weighted by molar-refractivity contribution is -0.386. The highest BCUT2D eigenvalue weighted by atomic mass is 19.4. The summed E-state index contributed by atoms with van der Waals surface area (Å²) in [5.41, 5.74) is -1.98. The molecule has 0 aliphatic carbocycles. The molecule has 0 saturated carbocycles. The van der Waals surface area contributed by atoms with Gasteiger partial charge in [0.25, 0.3) is 5.88 Å². The molecule has 8 heteroatoms. The summed E-state index contributed by atoms with van der Waals surface area (Å²) in [6, 6.07) is 0.407.